The summed E-state index contributed by atoms with van der Waals surface area (Å²) >= 11 is 0. The zero-order valence-corrected chi connectivity index (χ0v) is 12.3. The molecule has 2 rings (SSSR count). The van der Waals surface area contributed by atoms with E-state index >= 15 is 0 Å². The average molecular weight is 287 g/mol. The Hall–Kier alpha value is -2.28. The van der Waals surface area contributed by atoms with Gasteiger partial charge in [0.05, 0.1) is 0 Å². The van der Waals surface area contributed by atoms with Crippen LogP contribution < -0.4 is 4.74 Å². The van der Waals surface area contributed by atoms with Crippen molar-refractivity contribution in [3.63, 3.8) is 0 Å². The topological polar surface area (TPSA) is 29.5 Å². The van der Waals surface area contributed by atoms with Crippen LogP contribution in [0.5, 0.6) is 5.75 Å². The molecule has 4 heteroatoms. The maximum atomic E-state index is 14.3. The van der Waals surface area contributed by atoms with Crippen molar-refractivity contribution in [3.05, 3.63) is 35.7 Å². The van der Waals surface area contributed by atoms with Crippen molar-refractivity contribution >= 4 is 11.6 Å². The van der Waals surface area contributed by atoms with Crippen LogP contribution >= 0.6 is 0 Å². The van der Waals surface area contributed by atoms with E-state index in [0.29, 0.717) is 36.4 Å². The van der Waals surface area contributed by atoms with Crippen LogP contribution in [0.15, 0.2) is 24.3 Å². The molecule has 3 nitrogen and oxygen atoms in total. The van der Waals surface area contributed by atoms with Gasteiger partial charge in [-0.1, -0.05) is 12.0 Å². The SMILES string of the molecule is CC#CCOc1ccc(C2=CCCC(=O)N2CC)c(F)c1. The van der Waals surface area contributed by atoms with Crippen molar-refractivity contribution < 1.29 is 13.9 Å². The van der Waals surface area contributed by atoms with E-state index in [4.69, 9.17) is 4.74 Å². The number of benzene rings is 1. The van der Waals surface area contributed by atoms with Gasteiger partial charge in [-0.3, -0.25) is 4.79 Å². The van der Waals surface area contributed by atoms with Gasteiger partial charge in [0.1, 0.15) is 18.2 Å². The molecule has 0 bridgehead atoms. The summed E-state index contributed by atoms with van der Waals surface area (Å²) in [6.45, 7) is 4.38. The number of nitrogens with zero attached hydrogens (tertiary/aromatic N) is 1. The normalized spacial score (nSPS) is 14.3. The number of allylic oxidation sites excluding steroid dienone is 1. The van der Waals surface area contributed by atoms with Crippen LogP contribution in [0.2, 0.25) is 0 Å². The van der Waals surface area contributed by atoms with Gasteiger partial charge in [-0.25, -0.2) is 4.39 Å². The summed E-state index contributed by atoms with van der Waals surface area (Å²) in [6.07, 6.45) is 3.04. The van der Waals surface area contributed by atoms with E-state index in [-0.39, 0.29) is 12.5 Å². The summed E-state index contributed by atoms with van der Waals surface area (Å²) in [5, 5.41) is 0. The Morgan fingerprint density at radius 1 is 1.43 bits per heavy atom. The Balaban J connectivity index is 2.25. The molecule has 0 aliphatic carbocycles. The third-order valence-electron chi connectivity index (χ3n) is 3.31. The molecule has 1 heterocycles. The molecule has 21 heavy (non-hydrogen) atoms. The Bertz CT molecular complexity index is 625. The quantitative estimate of drug-likeness (QED) is 0.796. The van der Waals surface area contributed by atoms with Gasteiger partial charge in [-0.15, -0.1) is 5.92 Å². The second-order valence-electron chi connectivity index (χ2n) is 4.62. The summed E-state index contributed by atoms with van der Waals surface area (Å²) in [7, 11) is 0. The molecule has 0 atom stereocenters. The summed E-state index contributed by atoms with van der Waals surface area (Å²) in [4.78, 5) is 13.5. The van der Waals surface area contributed by atoms with Crippen molar-refractivity contribution in [2.45, 2.75) is 26.7 Å². The van der Waals surface area contributed by atoms with E-state index in [9.17, 15) is 9.18 Å². The number of hydrogen-bond donors (Lipinski definition) is 0. The molecule has 0 radical (unpaired) electrons. The summed E-state index contributed by atoms with van der Waals surface area (Å²) in [5.74, 6) is 5.55. The molecule has 1 aliphatic heterocycles. The maximum Gasteiger partial charge on any atom is 0.227 e. The zero-order chi connectivity index (χ0) is 15.2. The number of carbonyl (C=O) groups excluding carboxylic acids is 1. The van der Waals surface area contributed by atoms with Crippen molar-refractivity contribution in [1.82, 2.24) is 4.90 Å². The van der Waals surface area contributed by atoms with Gasteiger partial charge in [0, 0.05) is 30.3 Å². The first kappa shape index (κ1) is 15.1. The van der Waals surface area contributed by atoms with Crippen molar-refractivity contribution in [2.75, 3.05) is 13.2 Å². The van der Waals surface area contributed by atoms with Crippen LogP contribution in [0.3, 0.4) is 0 Å². The Labute approximate surface area is 124 Å². The minimum atomic E-state index is -0.392. The number of ether oxygens (including phenoxy) is 1. The van der Waals surface area contributed by atoms with Crippen LogP contribution in [0.4, 0.5) is 4.39 Å². The molecule has 110 valence electrons. The number of rotatable bonds is 4. The fourth-order valence-corrected chi connectivity index (χ4v) is 2.30. The summed E-state index contributed by atoms with van der Waals surface area (Å²) in [5.41, 5.74) is 1.07. The first-order chi connectivity index (χ1) is 10.2. The number of carbonyl (C=O) groups is 1. The lowest BCUT2D eigenvalue weighted by molar-refractivity contribution is -0.128. The highest BCUT2D eigenvalue weighted by Gasteiger charge is 2.23. The summed E-state index contributed by atoms with van der Waals surface area (Å²) < 4.78 is 19.6. The highest BCUT2D eigenvalue weighted by molar-refractivity contribution is 5.89. The monoisotopic (exact) mass is 287 g/mol. The molecule has 1 aliphatic rings. The lowest BCUT2D eigenvalue weighted by Crippen LogP contribution is -2.31. The van der Waals surface area contributed by atoms with Gasteiger partial charge in [0.15, 0.2) is 0 Å². The van der Waals surface area contributed by atoms with Crippen molar-refractivity contribution in [1.29, 1.82) is 0 Å². The van der Waals surface area contributed by atoms with Gasteiger partial charge in [0.2, 0.25) is 5.91 Å². The fraction of sp³-hybridized carbons (Fsp3) is 0.353. The van der Waals surface area contributed by atoms with Gasteiger partial charge in [-0.2, -0.15) is 0 Å². The van der Waals surface area contributed by atoms with E-state index in [2.05, 4.69) is 11.8 Å². The molecule has 0 aromatic heterocycles. The maximum absolute atomic E-state index is 14.3. The minimum absolute atomic E-state index is 0.0351. The Morgan fingerprint density at radius 3 is 2.90 bits per heavy atom. The van der Waals surface area contributed by atoms with E-state index in [1.54, 1.807) is 24.0 Å². The van der Waals surface area contributed by atoms with E-state index in [0.717, 1.165) is 0 Å². The Kier molecular flexibility index (Phi) is 4.99. The van der Waals surface area contributed by atoms with E-state index in [1.165, 1.54) is 6.07 Å². The highest BCUT2D eigenvalue weighted by atomic mass is 19.1. The van der Waals surface area contributed by atoms with Gasteiger partial charge in [-0.05, 0) is 32.4 Å². The fourth-order valence-electron chi connectivity index (χ4n) is 2.30. The van der Waals surface area contributed by atoms with Crippen LogP contribution in [0, 0.1) is 17.7 Å². The van der Waals surface area contributed by atoms with Crippen LogP contribution in [-0.4, -0.2) is 24.0 Å². The molecular weight excluding hydrogens is 269 g/mol. The van der Waals surface area contributed by atoms with E-state index in [1.807, 2.05) is 13.0 Å². The van der Waals surface area contributed by atoms with Crippen LogP contribution in [0.25, 0.3) is 5.70 Å². The molecule has 0 spiro atoms. The highest BCUT2D eigenvalue weighted by Crippen LogP contribution is 2.29. The van der Waals surface area contributed by atoms with Gasteiger partial charge in [0.25, 0.3) is 0 Å². The molecular formula is C17H18FNO2. The molecule has 0 N–H and O–H groups in total. The predicted molar refractivity (Wildman–Crippen MR) is 79.9 cm³/mol. The molecule has 1 amide bonds. The molecule has 1 aromatic rings. The average Bonchev–Trinajstić information content (AvgIpc) is 2.47. The number of halogens is 1. The third-order valence-corrected chi connectivity index (χ3v) is 3.31. The van der Waals surface area contributed by atoms with Gasteiger partial charge >= 0.3 is 0 Å². The second kappa shape index (κ2) is 6.94. The van der Waals surface area contributed by atoms with Crippen molar-refractivity contribution in [3.8, 4) is 17.6 Å². The van der Waals surface area contributed by atoms with E-state index < -0.39 is 5.82 Å². The predicted octanol–water partition coefficient (Wildman–Crippen LogP) is 3.21. The first-order valence-corrected chi connectivity index (χ1v) is 7.00. The minimum Gasteiger partial charge on any atom is -0.481 e. The smallest absolute Gasteiger partial charge is 0.227 e. The number of amides is 1. The first-order valence-electron chi connectivity index (χ1n) is 7.00. The largest absolute Gasteiger partial charge is 0.481 e. The molecule has 0 fully saturated rings. The van der Waals surface area contributed by atoms with Crippen molar-refractivity contribution in [2.24, 2.45) is 0 Å². The standard InChI is InChI=1S/C17H18FNO2/c1-3-5-11-21-13-9-10-14(15(18)12-13)16-7-6-8-17(20)19(16)4-2/h7,9-10,12H,4,6,8,11H2,1-2H3. The molecule has 0 saturated heterocycles. The zero-order valence-electron chi connectivity index (χ0n) is 12.3. The number of hydrogen-bond acceptors (Lipinski definition) is 2. The second-order valence-corrected chi connectivity index (χ2v) is 4.62. The van der Waals surface area contributed by atoms with Crippen LogP contribution in [-0.2, 0) is 4.79 Å². The Morgan fingerprint density at radius 2 is 2.24 bits per heavy atom. The summed E-state index contributed by atoms with van der Waals surface area (Å²) in [6, 6.07) is 4.68. The molecule has 1 aromatic carbocycles. The lowest BCUT2D eigenvalue weighted by atomic mass is 10.0. The lowest BCUT2D eigenvalue weighted by Gasteiger charge is -2.28. The van der Waals surface area contributed by atoms with Gasteiger partial charge < -0.3 is 9.64 Å². The van der Waals surface area contributed by atoms with Crippen LogP contribution in [0.1, 0.15) is 32.3 Å². The third kappa shape index (κ3) is 3.43. The molecule has 0 unspecified atom stereocenters. The molecule has 0 saturated carbocycles.